The molecule has 1 aliphatic rings. The summed E-state index contributed by atoms with van der Waals surface area (Å²) in [5, 5.41) is 9.94. The number of hydrogen-bond donors (Lipinski definition) is 2. The van der Waals surface area contributed by atoms with Crippen molar-refractivity contribution in [1.82, 2.24) is 14.9 Å². The van der Waals surface area contributed by atoms with Gasteiger partial charge in [-0.2, -0.15) is 0 Å². The van der Waals surface area contributed by atoms with E-state index in [1.807, 2.05) is 18.2 Å². The molecule has 1 aromatic heterocycles. The van der Waals surface area contributed by atoms with E-state index >= 15 is 0 Å². The second-order valence-electron chi connectivity index (χ2n) is 5.69. The zero-order chi connectivity index (χ0) is 18.0. The van der Waals surface area contributed by atoms with E-state index in [9.17, 15) is 13.2 Å². The van der Waals surface area contributed by atoms with E-state index in [2.05, 4.69) is 20.2 Å². The van der Waals surface area contributed by atoms with Crippen LogP contribution in [-0.2, 0) is 21.2 Å². The highest BCUT2D eigenvalue weighted by Gasteiger charge is 2.28. The van der Waals surface area contributed by atoms with Crippen LogP contribution < -0.4 is 14.8 Å². The van der Waals surface area contributed by atoms with Crippen LogP contribution in [0.1, 0.15) is 36.9 Å². The number of fused-ring (bicyclic) bond motifs is 1. The zero-order valence-electron chi connectivity index (χ0n) is 13.8. The highest BCUT2D eigenvalue weighted by Crippen LogP contribution is 2.33. The summed E-state index contributed by atoms with van der Waals surface area (Å²) >= 11 is 0.819. The lowest BCUT2D eigenvalue weighted by atomic mass is 9.88. The van der Waals surface area contributed by atoms with Crippen LogP contribution in [0.15, 0.2) is 22.5 Å². The molecular weight excluding hydrogens is 364 g/mol. The molecule has 0 saturated carbocycles. The van der Waals surface area contributed by atoms with Gasteiger partial charge in [-0.1, -0.05) is 17.4 Å². The Morgan fingerprint density at radius 3 is 2.88 bits per heavy atom. The van der Waals surface area contributed by atoms with Crippen LogP contribution in [0.25, 0.3) is 0 Å². The second-order valence-corrected chi connectivity index (χ2v) is 8.55. The maximum Gasteiger partial charge on any atom is 0.270 e. The SMILES string of the molecule is COc1ccc2c(c1)CCC[C@@H]2NS(=O)(=O)c1nnc(NC(C)=O)s1. The summed E-state index contributed by atoms with van der Waals surface area (Å²) in [4.78, 5) is 11.0. The fraction of sp³-hybridized carbons (Fsp3) is 0.400. The summed E-state index contributed by atoms with van der Waals surface area (Å²) in [6.45, 7) is 1.32. The molecule has 0 unspecified atom stereocenters. The van der Waals surface area contributed by atoms with Crippen molar-refractivity contribution in [2.45, 2.75) is 36.6 Å². The molecule has 134 valence electrons. The van der Waals surface area contributed by atoms with Crippen molar-refractivity contribution in [2.75, 3.05) is 12.4 Å². The van der Waals surface area contributed by atoms with Gasteiger partial charge in [-0.3, -0.25) is 4.79 Å². The lowest BCUT2D eigenvalue weighted by Crippen LogP contribution is -2.31. The van der Waals surface area contributed by atoms with Gasteiger partial charge in [0.15, 0.2) is 0 Å². The number of aryl methyl sites for hydroxylation is 1. The Labute approximate surface area is 149 Å². The molecule has 1 heterocycles. The quantitative estimate of drug-likeness (QED) is 0.764. The Kier molecular flexibility index (Phi) is 5.02. The summed E-state index contributed by atoms with van der Waals surface area (Å²) < 4.78 is 32.9. The molecular formula is C15H18N4O4S2. The van der Waals surface area contributed by atoms with Gasteiger partial charge in [0, 0.05) is 13.0 Å². The van der Waals surface area contributed by atoms with Gasteiger partial charge in [-0.05, 0) is 42.5 Å². The topological polar surface area (TPSA) is 110 Å². The molecule has 0 spiro atoms. The number of nitrogens with one attached hydrogen (secondary N) is 2. The van der Waals surface area contributed by atoms with Gasteiger partial charge in [0.1, 0.15) is 5.75 Å². The number of sulfonamides is 1. The van der Waals surface area contributed by atoms with Gasteiger partial charge in [0.05, 0.1) is 7.11 Å². The van der Waals surface area contributed by atoms with Crippen molar-refractivity contribution in [3.05, 3.63) is 29.3 Å². The molecule has 2 N–H and O–H groups in total. The summed E-state index contributed by atoms with van der Waals surface area (Å²) in [7, 11) is -2.22. The molecule has 1 aliphatic carbocycles. The van der Waals surface area contributed by atoms with Gasteiger partial charge in [-0.15, -0.1) is 10.2 Å². The first-order chi connectivity index (χ1) is 11.9. The van der Waals surface area contributed by atoms with Crippen LogP contribution in [-0.4, -0.2) is 31.6 Å². The number of rotatable bonds is 5. The predicted octanol–water partition coefficient (Wildman–Crippen LogP) is 1.86. The number of amides is 1. The molecule has 0 fully saturated rings. The smallest absolute Gasteiger partial charge is 0.270 e. The molecule has 1 aromatic carbocycles. The monoisotopic (exact) mass is 382 g/mol. The van der Waals surface area contributed by atoms with Gasteiger partial charge in [-0.25, -0.2) is 13.1 Å². The van der Waals surface area contributed by atoms with Gasteiger partial charge in [0.25, 0.3) is 10.0 Å². The average Bonchev–Trinajstić information content (AvgIpc) is 3.03. The lowest BCUT2D eigenvalue weighted by molar-refractivity contribution is -0.114. The highest BCUT2D eigenvalue weighted by molar-refractivity contribution is 7.91. The number of ether oxygens (including phenoxy) is 1. The van der Waals surface area contributed by atoms with E-state index in [0.29, 0.717) is 6.42 Å². The van der Waals surface area contributed by atoms with Crippen LogP contribution in [0.3, 0.4) is 0 Å². The van der Waals surface area contributed by atoms with E-state index in [1.165, 1.54) is 6.92 Å². The minimum atomic E-state index is -3.82. The lowest BCUT2D eigenvalue weighted by Gasteiger charge is -2.26. The van der Waals surface area contributed by atoms with Gasteiger partial charge < -0.3 is 10.1 Å². The van der Waals surface area contributed by atoms with Gasteiger partial charge in [0.2, 0.25) is 15.4 Å². The number of carbonyl (C=O) groups is 1. The Balaban J connectivity index is 1.82. The summed E-state index contributed by atoms with van der Waals surface area (Å²) in [5.41, 5.74) is 2.02. The highest BCUT2D eigenvalue weighted by atomic mass is 32.2. The molecule has 8 nitrogen and oxygen atoms in total. The molecule has 0 saturated heterocycles. The van der Waals surface area contributed by atoms with Crippen LogP contribution in [0, 0.1) is 0 Å². The normalized spacial score (nSPS) is 17.0. The Morgan fingerprint density at radius 2 is 2.16 bits per heavy atom. The number of methoxy groups -OCH3 is 1. The van der Waals surface area contributed by atoms with E-state index in [0.717, 1.165) is 41.1 Å². The van der Waals surface area contributed by atoms with E-state index in [-0.39, 0.29) is 21.4 Å². The number of aromatic nitrogens is 2. The summed E-state index contributed by atoms with van der Waals surface area (Å²) in [5.74, 6) is 0.426. The molecule has 3 rings (SSSR count). The van der Waals surface area contributed by atoms with Crippen molar-refractivity contribution < 1.29 is 17.9 Å². The minimum absolute atomic E-state index is 0.154. The largest absolute Gasteiger partial charge is 0.497 e. The second kappa shape index (κ2) is 7.06. The molecule has 0 aliphatic heterocycles. The first kappa shape index (κ1) is 17.8. The van der Waals surface area contributed by atoms with Crippen LogP contribution in [0.2, 0.25) is 0 Å². The maximum atomic E-state index is 12.6. The molecule has 1 amide bonds. The van der Waals surface area contributed by atoms with Crippen LogP contribution in [0.4, 0.5) is 5.13 Å². The fourth-order valence-corrected chi connectivity index (χ4v) is 5.01. The van der Waals surface area contributed by atoms with Crippen molar-refractivity contribution in [3.8, 4) is 5.75 Å². The maximum absolute atomic E-state index is 12.6. The third-order valence-corrected chi connectivity index (χ3v) is 6.56. The van der Waals surface area contributed by atoms with E-state index in [1.54, 1.807) is 7.11 Å². The molecule has 25 heavy (non-hydrogen) atoms. The van der Waals surface area contributed by atoms with E-state index in [4.69, 9.17) is 4.74 Å². The molecule has 0 bridgehead atoms. The fourth-order valence-electron chi connectivity index (χ4n) is 2.80. The predicted molar refractivity (Wildman–Crippen MR) is 93.2 cm³/mol. The average molecular weight is 382 g/mol. The number of anilines is 1. The standard InChI is InChI=1S/C15H18N4O4S2/c1-9(20)16-14-17-18-15(24-14)25(21,22)19-13-5-3-4-10-8-11(23-2)6-7-12(10)13/h6-8,13,19H,3-5H2,1-2H3,(H,16,17,20)/t13-/m0/s1. The van der Waals surface area contributed by atoms with E-state index < -0.39 is 10.0 Å². The third-order valence-electron chi connectivity index (χ3n) is 3.88. The van der Waals surface area contributed by atoms with Crippen molar-refractivity contribution in [3.63, 3.8) is 0 Å². The van der Waals surface area contributed by atoms with Crippen molar-refractivity contribution in [1.29, 1.82) is 0 Å². The van der Waals surface area contributed by atoms with Crippen LogP contribution in [0.5, 0.6) is 5.75 Å². The zero-order valence-corrected chi connectivity index (χ0v) is 15.4. The number of carbonyl (C=O) groups excluding carboxylic acids is 1. The Morgan fingerprint density at radius 1 is 1.36 bits per heavy atom. The first-order valence-corrected chi connectivity index (χ1v) is 9.99. The molecule has 0 radical (unpaired) electrons. The summed E-state index contributed by atoms with van der Waals surface area (Å²) in [6.07, 6.45) is 2.47. The Bertz CT molecular complexity index is 895. The summed E-state index contributed by atoms with van der Waals surface area (Å²) in [6, 6.07) is 5.33. The van der Waals surface area contributed by atoms with Crippen molar-refractivity contribution >= 4 is 32.4 Å². The first-order valence-electron chi connectivity index (χ1n) is 7.69. The van der Waals surface area contributed by atoms with Crippen molar-refractivity contribution in [2.24, 2.45) is 0 Å². The molecule has 2 aromatic rings. The van der Waals surface area contributed by atoms with Gasteiger partial charge >= 0.3 is 0 Å². The number of benzene rings is 1. The Hall–Kier alpha value is -2.04. The molecule has 10 heteroatoms. The van der Waals surface area contributed by atoms with Crippen LogP contribution >= 0.6 is 11.3 Å². The third kappa shape index (κ3) is 3.97. The number of hydrogen-bond acceptors (Lipinski definition) is 7. The number of nitrogens with zero attached hydrogens (tertiary/aromatic N) is 2. The molecule has 1 atom stereocenters. The minimum Gasteiger partial charge on any atom is -0.497 e.